The van der Waals surface area contributed by atoms with Gasteiger partial charge < -0.3 is 0 Å². The van der Waals surface area contributed by atoms with Gasteiger partial charge in [-0.05, 0) is 30.7 Å². The Hall–Kier alpha value is -1.70. The zero-order valence-electron chi connectivity index (χ0n) is 13.8. The molecule has 2 aromatic carbocycles. The summed E-state index contributed by atoms with van der Waals surface area (Å²) < 4.78 is 28.2. The molecular weight excluding hydrogens is 374 g/mol. The molecule has 0 spiro atoms. The van der Waals surface area contributed by atoms with E-state index in [1.165, 1.54) is 27.8 Å². The van der Waals surface area contributed by atoms with E-state index in [9.17, 15) is 13.2 Å². The van der Waals surface area contributed by atoms with Gasteiger partial charge in [-0.2, -0.15) is 0 Å². The maximum atomic E-state index is 13.1. The highest BCUT2D eigenvalue weighted by molar-refractivity contribution is 8.22. The van der Waals surface area contributed by atoms with E-state index >= 15 is 0 Å². The lowest BCUT2D eigenvalue weighted by Crippen LogP contribution is -2.40. The number of rotatable bonds is 4. The number of para-hydroxylation sites is 1. The van der Waals surface area contributed by atoms with Crippen molar-refractivity contribution in [3.05, 3.63) is 64.4 Å². The molecule has 0 radical (unpaired) electrons. The third-order valence-corrected chi connectivity index (χ3v) is 7.84. The summed E-state index contributed by atoms with van der Waals surface area (Å²) >= 11 is 3.01. The van der Waals surface area contributed by atoms with E-state index in [0.29, 0.717) is 16.8 Å². The Balaban J connectivity index is 2.21. The van der Waals surface area contributed by atoms with Crippen LogP contribution in [0.25, 0.3) is 5.57 Å². The van der Waals surface area contributed by atoms with Crippen molar-refractivity contribution in [3.63, 3.8) is 0 Å². The van der Waals surface area contributed by atoms with Crippen LogP contribution in [0.3, 0.4) is 0 Å². The van der Waals surface area contributed by atoms with Crippen LogP contribution in [0.15, 0.2) is 63.7 Å². The SMILES string of the molecule is CSC(SC)=C1C(=O)CN(S(=O)(=O)c2ccccc2)c2ccccc21. The standard InChI is InChI=1S/C18H17NO3S3/c1-23-18(24-2)17-14-10-6-7-11-15(14)19(12-16(17)20)25(21,22)13-8-4-3-5-9-13/h3-11H,12H2,1-2H3. The van der Waals surface area contributed by atoms with Gasteiger partial charge in [-0.25, -0.2) is 8.42 Å². The second-order valence-electron chi connectivity index (χ2n) is 5.34. The van der Waals surface area contributed by atoms with E-state index < -0.39 is 10.0 Å². The van der Waals surface area contributed by atoms with Crippen LogP contribution in [-0.4, -0.2) is 33.3 Å². The normalized spacial score (nSPS) is 14.4. The van der Waals surface area contributed by atoms with Crippen LogP contribution in [0, 0.1) is 0 Å². The molecule has 0 N–H and O–H groups in total. The molecule has 1 heterocycles. The minimum absolute atomic E-state index is 0.181. The number of Topliss-reactive ketones (excluding diaryl/α,β-unsaturated/α-hetero) is 1. The highest BCUT2D eigenvalue weighted by atomic mass is 32.2. The molecule has 0 aromatic heterocycles. The first-order valence-electron chi connectivity index (χ1n) is 7.53. The van der Waals surface area contributed by atoms with Crippen LogP contribution >= 0.6 is 23.5 Å². The first-order valence-corrected chi connectivity index (χ1v) is 11.4. The van der Waals surface area contributed by atoms with Crippen LogP contribution < -0.4 is 4.31 Å². The number of thioether (sulfide) groups is 2. The van der Waals surface area contributed by atoms with Gasteiger partial charge in [0.25, 0.3) is 10.0 Å². The number of fused-ring (bicyclic) bond motifs is 1. The number of sulfonamides is 1. The van der Waals surface area contributed by atoms with Gasteiger partial charge >= 0.3 is 0 Å². The smallest absolute Gasteiger partial charge is 0.264 e. The van der Waals surface area contributed by atoms with Gasteiger partial charge in [0.05, 0.1) is 21.4 Å². The molecule has 25 heavy (non-hydrogen) atoms. The van der Waals surface area contributed by atoms with Crippen molar-refractivity contribution < 1.29 is 13.2 Å². The quantitative estimate of drug-likeness (QED) is 0.741. The average molecular weight is 392 g/mol. The van der Waals surface area contributed by atoms with Crippen molar-refractivity contribution in [3.8, 4) is 0 Å². The fraction of sp³-hybridized carbons (Fsp3) is 0.167. The maximum Gasteiger partial charge on any atom is 0.264 e. The summed E-state index contributed by atoms with van der Waals surface area (Å²) in [6.07, 6.45) is 3.84. The Morgan fingerprint density at radius 3 is 2.20 bits per heavy atom. The van der Waals surface area contributed by atoms with E-state index in [1.807, 2.05) is 24.6 Å². The molecule has 0 saturated heterocycles. The van der Waals surface area contributed by atoms with Crippen LogP contribution in [0.4, 0.5) is 5.69 Å². The summed E-state index contributed by atoms with van der Waals surface area (Å²) in [5, 5.41) is 0. The monoisotopic (exact) mass is 391 g/mol. The van der Waals surface area contributed by atoms with E-state index in [0.717, 1.165) is 4.24 Å². The molecule has 0 unspecified atom stereocenters. The fourth-order valence-corrected chi connectivity index (χ4v) is 5.78. The van der Waals surface area contributed by atoms with Crippen molar-refractivity contribution in [2.45, 2.75) is 4.90 Å². The number of anilines is 1. The van der Waals surface area contributed by atoms with E-state index in [-0.39, 0.29) is 17.2 Å². The summed E-state index contributed by atoms with van der Waals surface area (Å²) in [5.41, 5.74) is 1.81. The molecule has 0 saturated carbocycles. The molecule has 0 fully saturated rings. The predicted molar refractivity (Wildman–Crippen MR) is 106 cm³/mol. The molecule has 1 aliphatic heterocycles. The molecule has 0 aliphatic carbocycles. The first kappa shape index (κ1) is 18.1. The molecule has 2 aromatic rings. The fourth-order valence-electron chi connectivity index (χ4n) is 2.79. The van der Waals surface area contributed by atoms with Gasteiger partial charge in [-0.1, -0.05) is 36.4 Å². The second-order valence-corrected chi connectivity index (χ2v) is 9.09. The molecular formula is C18H17NO3S3. The zero-order valence-corrected chi connectivity index (χ0v) is 16.2. The van der Waals surface area contributed by atoms with Crippen molar-refractivity contribution in [2.75, 3.05) is 23.4 Å². The lowest BCUT2D eigenvalue weighted by Gasteiger charge is -2.31. The molecule has 130 valence electrons. The minimum atomic E-state index is -3.79. The van der Waals surface area contributed by atoms with Gasteiger partial charge in [-0.15, -0.1) is 23.5 Å². The lowest BCUT2D eigenvalue weighted by molar-refractivity contribution is -0.112. The first-order chi connectivity index (χ1) is 12.0. The Bertz CT molecular complexity index is 931. The van der Waals surface area contributed by atoms with E-state index in [1.54, 1.807) is 42.5 Å². The van der Waals surface area contributed by atoms with Crippen LogP contribution in [0.1, 0.15) is 5.56 Å². The van der Waals surface area contributed by atoms with Gasteiger partial charge in [0, 0.05) is 11.1 Å². The third kappa shape index (κ3) is 3.23. The van der Waals surface area contributed by atoms with Crippen molar-refractivity contribution in [2.24, 2.45) is 0 Å². The summed E-state index contributed by atoms with van der Waals surface area (Å²) in [5.74, 6) is -0.183. The van der Waals surface area contributed by atoms with Crippen molar-refractivity contribution in [1.29, 1.82) is 0 Å². The summed E-state index contributed by atoms with van der Waals surface area (Å²) in [6.45, 7) is -0.186. The summed E-state index contributed by atoms with van der Waals surface area (Å²) in [6, 6.07) is 15.4. The van der Waals surface area contributed by atoms with Crippen molar-refractivity contribution in [1.82, 2.24) is 0 Å². The lowest BCUT2D eigenvalue weighted by atomic mass is 9.98. The highest BCUT2D eigenvalue weighted by Crippen LogP contribution is 2.42. The highest BCUT2D eigenvalue weighted by Gasteiger charge is 2.36. The molecule has 0 bridgehead atoms. The Morgan fingerprint density at radius 2 is 1.56 bits per heavy atom. The van der Waals surface area contributed by atoms with E-state index in [2.05, 4.69) is 0 Å². The summed E-state index contributed by atoms with van der Waals surface area (Å²) in [4.78, 5) is 13.0. The number of carbonyl (C=O) groups excluding carboxylic acids is 1. The van der Waals surface area contributed by atoms with Crippen LogP contribution in [-0.2, 0) is 14.8 Å². The number of hydrogen-bond donors (Lipinski definition) is 0. The summed E-state index contributed by atoms with van der Waals surface area (Å²) in [7, 11) is -3.79. The van der Waals surface area contributed by atoms with Crippen LogP contribution in [0.2, 0.25) is 0 Å². The number of ketones is 1. The predicted octanol–water partition coefficient (Wildman–Crippen LogP) is 3.86. The largest absolute Gasteiger partial charge is 0.292 e. The molecule has 7 heteroatoms. The van der Waals surface area contributed by atoms with Gasteiger partial charge in [0.1, 0.15) is 0 Å². The molecule has 3 rings (SSSR count). The van der Waals surface area contributed by atoms with Crippen LogP contribution in [0.5, 0.6) is 0 Å². The van der Waals surface area contributed by atoms with Gasteiger partial charge in [-0.3, -0.25) is 9.10 Å². The minimum Gasteiger partial charge on any atom is -0.292 e. The van der Waals surface area contributed by atoms with Crippen molar-refractivity contribution >= 4 is 50.6 Å². The Morgan fingerprint density at radius 1 is 0.960 bits per heavy atom. The number of nitrogens with zero attached hydrogens (tertiary/aromatic N) is 1. The third-order valence-electron chi connectivity index (χ3n) is 3.91. The molecule has 1 aliphatic rings. The topological polar surface area (TPSA) is 54.5 Å². The van der Waals surface area contributed by atoms with Gasteiger partial charge in [0.15, 0.2) is 5.78 Å². The molecule has 4 nitrogen and oxygen atoms in total. The average Bonchev–Trinajstić information content (AvgIpc) is 2.64. The number of benzene rings is 2. The second kappa shape index (κ2) is 7.27. The maximum absolute atomic E-state index is 13.1. The number of carbonyl (C=O) groups is 1. The molecule has 0 atom stereocenters. The zero-order chi connectivity index (χ0) is 18.0. The van der Waals surface area contributed by atoms with Gasteiger partial charge in [0.2, 0.25) is 0 Å². The Labute approximate surface area is 156 Å². The van der Waals surface area contributed by atoms with E-state index in [4.69, 9.17) is 0 Å². The molecule has 0 amide bonds. The number of hydrogen-bond acceptors (Lipinski definition) is 5. The Kier molecular flexibility index (Phi) is 5.27.